The van der Waals surface area contributed by atoms with Gasteiger partial charge in [-0.25, -0.2) is 0 Å². The monoisotopic (exact) mass is 272 g/mol. The molecule has 2 atom stereocenters. The van der Waals surface area contributed by atoms with Crippen LogP contribution in [0.15, 0.2) is 0 Å². The summed E-state index contributed by atoms with van der Waals surface area (Å²) in [5.41, 5.74) is -2.26. The van der Waals surface area contributed by atoms with Crippen LogP contribution in [0.2, 0.25) is 0 Å². The summed E-state index contributed by atoms with van der Waals surface area (Å²) in [5.74, 6) is 0. The Morgan fingerprint density at radius 3 is 1.79 bits per heavy atom. The molecular formula is C15H28O4. The SMILES string of the molecule is OC1CCCC(O)(C2(O)CCCCC(O)C2)CCC1. The van der Waals surface area contributed by atoms with E-state index in [4.69, 9.17) is 0 Å². The van der Waals surface area contributed by atoms with E-state index < -0.39 is 17.3 Å². The molecule has 112 valence electrons. The molecule has 4 N–H and O–H groups in total. The predicted molar refractivity (Wildman–Crippen MR) is 72.7 cm³/mol. The van der Waals surface area contributed by atoms with Crippen molar-refractivity contribution in [1.82, 2.24) is 0 Å². The molecule has 0 saturated heterocycles. The van der Waals surface area contributed by atoms with Gasteiger partial charge in [-0.05, 0) is 51.4 Å². The molecule has 2 aliphatic rings. The summed E-state index contributed by atoms with van der Waals surface area (Å²) in [6, 6.07) is 0. The maximum atomic E-state index is 10.9. The quantitative estimate of drug-likeness (QED) is 0.545. The minimum Gasteiger partial charge on any atom is -0.393 e. The normalized spacial score (nSPS) is 46.1. The average Bonchev–Trinajstić information content (AvgIpc) is 2.49. The molecule has 0 heterocycles. The van der Waals surface area contributed by atoms with Crippen molar-refractivity contribution in [3.05, 3.63) is 0 Å². The third kappa shape index (κ3) is 3.48. The molecule has 0 aromatic carbocycles. The second kappa shape index (κ2) is 6.08. The van der Waals surface area contributed by atoms with E-state index in [1.165, 1.54) is 0 Å². The molecule has 0 aromatic heterocycles. The Balaban J connectivity index is 2.11. The number of aliphatic hydroxyl groups is 4. The van der Waals surface area contributed by atoms with E-state index in [2.05, 4.69) is 0 Å². The third-order valence-electron chi connectivity index (χ3n) is 5.07. The zero-order chi connectivity index (χ0) is 13.9. The lowest BCUT2D eigenvalue weighted by Crippen LogP contribution is -2.55. The van der Waals surface area contributed by atoms with E-state index in [1.807, 2.05) is 0 Å². The lowest BCUT2D eigenvalue weighted by molar-refractivity contribution is -0.180. The van der Waals surface area contributed by atoms with E-state index in [-0.39, 0.29) is 12.5 Å². The van der Waals surface area contributed by atoms with Crippen molar-refractivity contribution < 1.29 is 20.4 Å². The summed E-state index contributed by atoms with van der Waals surface area (Å²) in [4.78, 5) is 0. The molecule has 0 amide bonds. The van der Waals surface area contributed by atoms with Crippen LogP contribution in [-0.4, -0.2) is 43.8 Å². The topological polar surface area (TPSA) is 80.9 Å². The first kappa shape index (κ1) is 15.2. The van der Waals surface area contributed by atoms with Crippen LogP contribution in [0.1, 0.15) is 70.6 Å². The third-order valence-corrected chi connectivity index (χ3v) is 5.07. The smallest absolute Gasteiger partial charge is 0.0957 e. The van der Waals surface area contributed by atoms with Gasteiger partial charge in [-0.2, -0.15) is 0 Å². The van der Waals surface area contributed by atoms with Gasteiger partial charge in [-0.3, -0.25) is 0 Å². The van der Waals surface area contributed by atoms with Crippen molar-refractivity contribution in [3.8, 4) is 0 Å². The van der Waals surface area contributed by atoms with E-state index >= 15 is 0 Å². The van der Waals surface area contributed by atoms with E-state index in [0.29, 0.717) is 32.1 Å². The van der Waals surface area contributed by atoms with Gasteiger partial charge in [-0.15, -0.1) is 0 Å². The van der Waals surface area contributed by atoms with Gasteiger partial charge in [0.05, 0.1) is 23.4 Å². The molecule has 19 heavy (non-hydrogen) atoms. The van der Waals surface area contributed by atoms with Crippen molar-refractivity contribution in [3.63, 3.8) is 0 Å². The van der Waals surface area contributed by atoms with Crippen molar-refractivity contribution in [2.75, 3.05) is 0 Å². The van der Waals surface area contributed by atoms with Gasteiger partial charge in [0.15, 0.2) is 0 Å². The molecule has 0 bridgehead atoms. The number of hydrogen-bond acceptors (Lipinski definition) is 4. The van der Waals surface area contributed by atoms with Crippen LogP contribution < -0.4 is 0 Å². The summed E-state index contributed by atoms with van der Waals surface area (Å²) in [6.45, 7) is 0. The molecule has 0 spiro atoms. The van der Waals surface area contributed by atoms with Crippen LogP contribution in [0.25, 0.3) is 0 Å². The Labute approximate surface area is 115 Å². The van der Waals surface area contributed by atoms with E-state index in [9.17, 15) is 20.4 Å². The summed E-state index contributed by atoms with van der Waals surface area (Å²) in [6.07, 6.45) is 6.48. The van der Waals surface area contributed by atoms with Crippen LogP contribution in [-0.2, 0) is 0 Å². The fourth-order valence-electron chi connectivity index (χ4n) is 3.81. The summed E-state index contributed by atoms with van der Waals surface area (Å²) in [7, 11) is 0. The summed E-state index contributed by atoms with van der Waals surface area (Å²) in [5, 5.41) is 41.5. The second-order valence-corrected chi connectivity index (χ2v) is 6.61. The first-order chi connectivity index (χ1) is 8.95. The first-order valence-corrected chi connectivity index (χ1v) is 7.76. The highest BCUT2D eigenvalue weighted by molar-refractivity contribution is 5.02. The molecule has 0 aromatic rings. The van der Waals surface area contributed by atoms with Gasteiger partial charge < -0.3 is 20.4 Å². The van der Waals surface area contributed by atoms with E-state index in [1.54, 1.807) is 0 Å². The Kier molecular flexibility index (Phi) is 4.88. The Morgan fingerprint density at radius 1 is 0.632 bits per heavy atom. The van der Waals surface area contributed by atoms with Gasteiger partial charge >= 0.3 is 0 Å². The van der Waals surface area contributed by atoms with Gasteiger partial charge in [0.1, 0.15) is 0 Å². The second-order valence-electron chi connectivity index (χ2n) is 6.61. The minimum absolute atomic E-state index is 0.265. The Morgan fingerprint density at radius 2 is 1.16 bits per heavy atom. The molecule has 0 aliphatic heterocycles. The van der Waals surface area contributed by atoms with Crippen LogP contribution in [0.5, 0.6) is 0 Å². The minimum atomic E-state index is -1.16. The number of hydrogen-bond donors (Lipinski definition) is 4. The summed E-state index contributed by atoms with van der Waals surface area (Å²) >= 11 is 0. The van der Waals surface area contributed by atoms with Crippen LogP contribution in [0.3, 0.4) is 0 Å². The molecule has 2 fully saturated rings. The highest BCUT2D eigenvalue weighted by Gasteiger charge is 2.49. The van der Waals surface area contributed by atoms with Gasteiger partial charge in [0.25, 0.3) is 0 Å². The standard InChI is InChI=1S/C15H28O4/c16-12-6-3-9-14(18,10-4-7-12)15(19)8-2-1-5-13(17)11-15/h12-13,16-19H,1-11H2. The number of aliphatic hydroxyl groups excluding tert-OH is 2. The molecule has 2 aliphatic carbocycles. The first-order valence-electron chi connectivity index (χ1n) is 7.76. The largest absolute Gasteiger partial charge is 0.393 e. The molecule has 2 saturated carbocycles. The zero-order valence-electron chi connectivity index (χ0n) is 11.7. The van der Waals surface area contributed by atoms with Crippen molar-refractivity contribution >= 4 is 0 Å². The number of rotatable bonds is 1. The molecular weight excluding hydrogens is 244 g/mol. The highest BCUT2D eigenvalue weighted by Crippen LogP contribution is 2.42. The lowest BCUT2D eigenvalue weighted by atomic mass is 9.70. The fraction of sp³-hybridized carbons (Fsp3) is 1.00. The molecule has 2 rings (SSSR count). The molecule has 2 unspecified atom stereocenters. The molecule has 0 radical (unpaired) electrons. The summed E-state index contributed by atoms with van der Waals surface area (Å²) < 4.78 is 0. The molecule has 4 heteroatoms. The fourth-order valence-corrected chi connectivity index (χ4v) is 3.81. The maximum absolute atomic E-state index is 10.9. The average molecular weight is 272 g/mol. The van der Waals surface area contributed by atoms with Crippen LogP contribution in [0, 0.1) is 0 Å². The molecule has 4 nitrogen and oxygen atoms in total. The lowest BCUT2D eigenvalue weighted by Gasteiger charge is -2.45. The van der Waals surface area contributed by atoms with E-state index in [0.717, 1.165) is 32.1 Å². The van der Waals surface area contributed by atoms with Gasteiger partial charge in [0.2, 0.25) is 0 Å². The van der Waals surface area contributed by atoms with Crippen LogP contribution in [0.4, 0.5) is 0 Å². The van der Waals surface area contributed by atoms with Crippen molar-refractivity contribution in [2.45, 2.75) is 94.0 Å². The Bertz CT molecular complexity index is 284. The van der Waals surface area contributed by atoms with Crippen molar-refractivity contribution in [1.29, 1.82) is 0 Å². The Hall–Kier alpha value is -0.160. The van der Waals surface area contributed by atoms with Crippen molar-refractivity contribution in [2.24, 2.45) is 0 Å². The maximum Gasteiger partial charge on any atom is 0.0957 e. The predicted octanol–water partition coefficient (Wildman–Crippen LogP) is 1.49. The van der Waals surface area contributed by atoms with Gasteiger partial charge in [0, 0.05) is 6.42 Å². The van der Waals surface area contributed by atoms with Gasteiger partial charge in [-0.1, -0.05) is 12.8 Å². The van der Waals surface area contributed by atoms with Crippen LogP contribution >= 0.6 is 0 Å². The zero-order valence-corrected chi connectivity index (χ0v) is 11.7. The highest BCUT2D eigenvalue weighted by atomic mass is 16.4.